The van der Waals surface area contributed by atoms with Gasteiger partial charge in [-0.15, -0.1) is 0 Å². The predicted octanol–water partition coefficient (Wildman–Crippen LogP) is 4.64. The molecule has 0 aliphatic carbocycles. The number of carbonyl (C=O) groups is 2. The molecule has 0 saturated heterocycles. The number of amides is 2. The molecule has 0 aliphatic rings. The lowest BCUT2D eigenvalue weighted by Crippen LogP contribution is -2.42. The first kappa shape index (κ1) is 22.2. The largest absolute Gasteiger partial charge is 0.467 e. The van der Waals surface area contributed by atoms with E-state index in [4.69, 9.17) is 4.42 Å². The van der Waals surface area contributed by atoms with E-state index in [2.05, 4.69) is 0 Å². The second-order valence-electron chi connectivity index (χ2n) is 7.19. The molecule has 0 N–H and O–H groups in total. The quantitative estimate of drug-likeness (QED) is 0.501. The van der Waals surface area contributed by atoms with Crippen LogP contribution in [0.1, 0.15) is 35.0 Å². The molecule has 0 fully saturated rings. The highest BCUT2D eigenvalue weighted by molar-refractivity contribution is 5.96. The molecule has 0 saturated carbocycles. The molecule has 0 aliphatic heterocycles. The summed E-state index contributed by atoms with van der Waals surface area (Å²) >= 11 is 0. The van der Waals surface area contributed by atoms with Gasteiger partial charge in [-0.05, 0) is 60.5 Å². The zero-order chi connectivity index (χ0) is 22.2. The van der Waals surface area contributed by atoms with E-state index in [9.17, 15) is 18.4 Å². The summed E-state index contributed by atoms with van der Waals surface area (Å²) in [5.41, 5.74) is 1.08. The van der Waals surface area contributed by atoms with Crippen molar-refractivity contribution in [1.82, 2.24) is 9.80 Å². The number of nitrogens with zero attached hydrogens (tertiary/aromatic N) is 2. The molecule has 7 heteroatoms. The van der Waals surface area contributed by atoms with Crippen LogP contribution >= 0.6 is 0 Å². The monoisotopic (exact) mass is 426 g/mol. The third kappa shape index (κ3) is 6.25. The number of rotatable bonds is 9. The maximum Gasteiger partial charge on any atom is 0.254 e. The van der Waals surface area contributed by atoms with Gasteiger partial charge in [0.15, 0.2) is 0 Å². The average molecular weight is 426 g/mol. The van der Waals surface area contributed by atoms with Crippen LogP contribution in [0, 0.1) is 11.6 Å². The molecular formula is C24H24F2N2O3. The van der Waals surface area contributed by atoms with Crippen LogP contribution in [-0.4, -0.2) is 34.7 Å². The fourth-order valence-electron chi connectivity index (χ4n) is 3.19. The fraction of sp³-hybridized carbons (Fsp3) is 0.250. The van der Waals surface area contributed by atoms with Crippen molar-refractivity contribution in [2.24, 2.45) is 0 Å². The lowest BCUT2D eigenvalue weighted by Gasteiger charge is -2.27. The molecule has 3 aromatic rings. The van der Waals surface area contributed by atoms with Gasteiger partial charge in [-0.25, -0.2) is 8.78 Å². The summed E-state index contributed by atoms with van der Waals surface area (Å²) in [6.45, 7) is 2.62. The fourth-order valence-corrected chi connectivity index (χ4v) is 3.19. The first-order valence-electron chi connectivity index (χ1n) is 10.1. The molecule has 31 heavy (non-hydrogen) atoms. The van der Waals surface area contributed by atoms with Crippen molar-refractivity contribution in [2.75, 3.05) is 13.1 Å². The highest BCUT2D eigenvalue weighted by Crippen LogP contribution is 2.14. The van der Waals surface area contributed by atoms with E-state index in [1.165, 1.54) is 47.6 Å². The maximum atomic E-state index is 13.3. The Balaban J connectivity index is 1.77. The van der Waals surface area contributed by atoms with Crippen molar-refractivity contribution in [1.29, 1.82) is 0 Å². The lowest BCUT2D eigenvalue weighted by atomic mass is 10.1. The van der Waals surface area contributed by atoms with Crippen LogP contribution in [0.4, 0.5) is 8.78 Å². The van der Waals surface area contributed by atoms with E-state index < -0.39 is 5.82 Å². The van der Waals surface area contributed by atoms with E-state index in [-0.39, 0.29) is 37.3 Å². The second kappa shape index (κ2) is 10.5. The number of hydrogen-bond acceptors (Lipinski definition) is 3. The van der Waals surface area contributed by atoms with Crippen LogP contribution in [0.25, 0.3) is 0 Å². The summed E-state index contributed by atoms with van der Waals surface area (Å²) < 4.78 is 31.8. The molecule has 1 aromatic heterocycles. The molecule has 0 atom stereocenters. The van der Waals surface area contributed by atoms with E-state index in [1.807, 2.05) is 6.92 Å². The number of halogens is 2. The topological polar surface area (TPSA) is 53.8 Å². The van der Waals surface area contributed by atoms with Gasteiger partial charge in [0.25, 0.3) is 5.91 Å². The Bertz CT molecular complexity index is 987. The number of carbonyl (C=O) groups excluding carboxylic acids is 2. The summed E-state index contributed by atoms with van der Waals surface area (Å²) in [4.78, 5) is 29.1. The van der Waals surface area contributed by atoms with Crippen LogP contribution in [0.5, 0.6) is 0 Å². The first-order valence-corrected chi connectivity index (χ1v) is 10.1. The Kier molecular flexibility index (Phi) is 7.54. The van der Waals surface area contributed by atoms with Gasteiger partial charge >= 0.3 is 0 Å². The summed E-state index contributed by atoms with van der Waals surface area (Å²) in [6, 6.07) is 14.7. The third-order valence-corrected chi connectivity index (χ3v) is 4.76. The Morgan fingerprint density at radius 1 is 0.871 bits per heavy atom. The highest BCUT2D eigenvalue weighted by Gasteiger charge is 2.23. The summed E-state index contributed by atoms with van der Waals surface area (Å²) in [7, 11) is 0. The molecule has 0 radical (unpaired) electrons. The predicted molar refractivity (Wildman–Crippen MR) is 112 cm³/mol. The van der Waals surface area contributed by atoms with E-state index in [1.54, 1.807) is 29.2 Å². The van der Waals surface area contributed by atoms with Crippen molar-refractivity contribution in [2.45, 2.75) is 26.4 Å². The normalized spacial score (nSPS) is 10.7. The van der Waals surface area contributed by atoms with Gasteiger partial charge in [0, 0.05) is 18.7 Å². The molecule has 1 heterocycles. The van der Waals surface area contributed by atoms with Gasteiger partial charge in [-0.2, -0.15) is 0 Å². The van der Waals surface area contributed by atoms with Crippen LogP contribution in [-0.2, 0) is 17.9 Å². The molecule has 2 aromatic carbocycles. The van der Waals surface area contributed by atoms with Gasteiger partial charge in [0.05, 0.1) is 12.8 Å². The molecule has 3 rings (SSSR count). The minimum absolute atomic E-state index is 0.133. The number of furan rings is 1. The summed E-state index contributed by atoms with van der Waals surface area (Å²) in [5, 5.41) is 0. The van der Waals surface area contributed by atoms with E-state index >= 15 is 0 Å². The van der Waals surface area contributed by atoms with Crippen molar-refractivity contribution in [3.63, 3.8) is 0 Å². The second-order valence-corrected chi connectivity index (χ2v) is 7.19. The molecule has 162 valence electrons. The van der Waals surface area contributed by atoms with Crippen molar-refractivity contribution in [3.8, 4) is 0 Å². The first-order chi connectivity index (χ1) is 15.0. The number of hydrogen-bond donors (Lipinski definition) is 0. The zero-order valence-corrected chi connectivity index (χ0v) is 17.3. The van der Waals surface area contributed by atoms with Crippen LogP contribution in [0.15, 0.2) is 71.3 Å². The van der Waals surface area contributed by atoms with Gasteiger partial charge in [0.2, 0.25) is 5.91 Å². The van der Waals surface area contributed by atoms with Gasteiger partial charge in [0.1, 0.15) is 23.9 Å². The minimum atomic E-state index is -0.432. The molecule has 0 unspecified atom stereocenters. The SMILES string of the molecule is CCCN(CC(=O)N(Cc1ccc(F)cc1)Cc1ccco1)C(=O)c1ccc(F)cc1. The van der Waals surface area contributed by atoms with Gasteiger partial charge in [-0.1, -0.05) is 19.1 Å². The molecule has 5 nitrogen and oxygen atoms in total. The van der Waals surface area contributed by atoms with Crippen LogP contribution in [0.3, 0.4) is 0 Å². The summed E-state index contributed by atoms with van der Waals surface area (Å²) in [5.74, 6) is -0.799. The smallest absolute Gasteiger partial charge is 0.254 e. The third-order valence-electron chi connectivity index (χ3n) is 4.76. The van der Waals surface area contributed by atoms with Crippen molar-refractivity contribution < 1.29 is 22.8 Å². The lowest BCUT2D eigenvalue weighted by molar-refractivity contribution is -0.133. The molecule has 0 bridgehead atoms. The van der Waals surface area contributed by atoms with E-state index in [0.717, 1.165) is 5.56 Å². The van der Waals surface area contributed by atoms with Crippen molar-refractivity contribution >= 4 is 11.8 Å². The maximum absolute atomic E-state index is 13.3. The highest BCUT2D eigenvalue weighted by atomic mass is 19.1. The summed E-state index contributed by atoms with van der Waals surface area (Å²) in [6.07, 6.45) is 2.19. The Labute approximate surface area is 179 Å². The van der Waals surface area contributed by atoms with E-state index in [0.29, 0.717) is 24.3 Å². The van der Waals surface area contributed by atoms with Gasteiger partial charge in [-0.3, -0.25) is 9.59 Å². The average Bonchev–Trinajstić information content (AvgIpc) is 3.27. The Morgan fingerprint density at radius 3 is 2.10 bits per heavy atom. The molecule has 0 spiro atoms. The molecule has 2 amide bonds. The van der Waals surface area contributed by atoms with Crippen LogP contribution < -0.4 is 0 Å². The standard InChI is InChI=1S/C24H24F2N2O3/c1-2-13-27(24(30)19-7-11-21(26)12-8-19)17-23(29)28(16-22-4-3-14-31-22)15-18-5-9-20(25)10-6-18/h3-12,14H,2,13,15-17H2,1H3. The van der Waals surface area contributed by atoms with Gasteiger partial charge < -0.3 is 14.2 Å². The van der Waals surface area contributed by atoms with Crippen LogP contribution in [0.2, 0.25) is 0 Å². The Hall–Kier alpha value is -3.48. The number of benzene rings is 2. The molecular weight excluding hydrogens is 402 g/mol. The Morgan fingerprint density at radius 2 is 1.52 bits per heavy atom. The zero-order valence-electron chi connectivity index (χ0n) is 17.3. The minimum Gasteiger partial charge on any atom is -0.467 e. The van der Waals surface area contributed by atoms with Crippen molar-refractivity contribution in [3.05, 3.63) is 95.4 Å².